The summed E-state index contributed by atoms with van der Waals surface area (Å²) >= 11 is 0. The van der Waals surface area contributed by atoms with Crippen LogP contribution in [0.25, 0.3) is 18.2 Å². The van der Waals surface area contributed by atoms with Crippen molar-refractivity contribution in [2.24, 2.45) is 0 Å². The first-order valence-electron chi connectivity index (χ1n) is 10.1. The van der Waals surface area contributed by atoms with E-state index in [0.29, 0.717) is 0 Å². The number of hydrogen-bond acceptors (Lipinski definition) is 0. The molecule has 4 aliphatic heterocycles. The van der Waals surface area contributed by atoms with Crippen LogP contribution < -0.4 is 16.0 Å². The Kier molecular flexibility index (Phi) is 3.25. The minimum Gasteiger partial charge on any atom is -0.355 e. The molecule has 1 spiro atoms. The third kappa shape index (κ3) is 2.46. The van der Waals surface area contributed by atoms with Crippen LogP contribution in [-0.2, 0) is 0 Å². The predicted octanol–water partition coefficient (Wildman–Crippen LogP) is 1.72. The van der Waals surface area contributed by atoms with Crippen LogP contribution in [-0.4, -0.2) is 27.5 Å². The molecule has 6 heterocycles. The van der Waals surface area contributed by atoms with Crippen molar-refractivity contribution in [3.63, 3.8) is 0 Å². The number of nitrogens with one attached hydrogen (secondary N) is 2. The molecule has 0 saturated carbocycles. The third-order valence-corrected chi connectivity index (χ3v) is 6.20. The second-order valence-corrected chi connectivity index (χ2v) is 8.04. The number of allylic oxidation sites excluding steroid dienone is 6. The van der Waals surface area contributed by atoms with Crippen LogP contribution in [0.3, 0.4) is 0 Å². The van der Waals surface area contributed by atoms with Crippen molar-refractivity contribution < 1.29 is 9.80 Å². The zero-order valence-corrected chi connectivity index (χ0v) is 16.0. The maximum atomic E-state index is 3.54. The van der Waals surface area contributed by atoms with Crippen LogP contribution in [0.2, 0.25) is 0 Å². The van der Waals surface area contributed by atoms with Gasteiger partial charge in [-0.3, -0.25) is 5.32 Å². The van der Waals surface area contributed by atoms with Crippen molar-refractivity contribution >= 4 is 18.2 Å². The lowest BCUT2D eigenvalue weighted by molar-refractivity contribution is -0.702. The van der Waals surface area contributed by atoms with Crippen molar-refractivity contribution in [3.8, 4) is 0 Å². The molecular formula is C24H24N4+2. The van der Waals surface area contributed by atoms with Crippen LogP contribution in [0.5, 0.6) is 0 Å². The number of hydrogen-bond donors (Lipinski definition) is 3. The molecule has 4 nitrogen and oxygen atoms in total. The molecule has 4 heteroatoms. The molecule has 28 heavy (non-hydrogen) atoms. The summed E-state index contributed by atoms with van der Waals surface area (Å²) in [4.78, 5) is 7.04. The zero-order valence-electron chi connectivity index (χ0n) is 16.0. The molecule has 8 bridgehead atoms. The van der Waals surface area contributed by atoms with E-state index in [1.54, 1.807) is 0 Å². The molecule has 0 atom stereocenters. The molecule has 0 aromatic carbocycles. The molecule has 0 radical (unpaired) electrons. The van der Waals surface area contributed by atoms with Crippen molar-refractivity contribution in [3.05, 3.63) is 99.0 Å². The summed E-state index contributed by atoms with van der Waals surface area (Å²) < 4.78 is 0.989. The van der Waals surface area contributed by atoms with Crippen LogP contribution in [0.15, 0.2) is 76.9 Å². The standard InChI is InChI=1S/C24H23N4/c1-2-16-11-21-13-19-4-3-17(25-19)12-18-5-6-20(26-18)14-22-7-8-23(15-24(16)27-21)28(22)9-10-28/h3-8,11-15,25-27H,2,9-10H2,1H3/q+1/p+1. The van der Waals surface area contributed by atoms with Gasteiger partial charge in [-0.15, -0.1) is 0 Å². The van der Waals surface area contributed by atoms with E-state index >= 15 is 0 Å². The van der Waals surface area contributed by atoms with Gasteiger partial charge in [-0.25, -0.2) is 4.48 Å². The van der Waals surface area contributed by atoms with Gasteiger partial charge < -0.3 is 9.97 Å². The second kappa shape index (κ2) is 5.71. The number of H-pyrrole nitrogens is 2. The van der Waals surface area contributed by atoms with Crippen molar-refractivity contribution in [2.75, 3.05) is 13.1 Å². The van der Waals surface area contributed by atoms with Gasteiger partial charge in [-0.2, -0.15) is 0 Å². The first kappa shape index (κ1) is 15.9. The first-order chi connectivity index (χ1) is 13.7. The van der Waals surface area contributed by atoms with Gasteiger partial charge in [-0.05, 0) is 36.8 Å². The van der Waals surface area contributed by atoms with E-state index in [9.17, 15) is 0 Å². The average molecular weight is 368 g/mol. The molecule has 0 amide bonds. The third-order valence-electron chi connectivity index (χ3n) is 6.20. The van der Waals surface area contributed by atoms with E-state index in [1.807, 2.05) is 0 Å². The van der Waals surface area contributed by atoms with Crippen LogP contribution >= 0.6 is 0 Å². The van der Waals surface area contributed by atoms with E-state index in [0.717, 1.165) is 33.0 Å². The number of rotatable bonds is 1. The molecular weight excluding hydrogens is 344 g/mol. The summed E-state index contributed by atoms with van der Waals surface area (Å²) in [6.07, 6.45) is 17.1. The van der Waals surface area contributed by atoms with Crippen LogP contribution in [0.4, 0.5) is 0 Å². The number of aromatic nitrogens is 2. The highest BCUT2D eigenvalue weighted by molar-refractivity contribution is 5.58. The molecule has 1 fully saturated rings. The van der Waals surface area contributed by atoms with E-state index in [1.165, 1.54) is 41.5 Å². The van der Waals surface area contributed by atoms with Gasteiger partial charge in [0.25, 0.3) is 0 Å². The fraction of sp³-hybridized carbons (Fsp3) is 0.167. The Balaban J connectivity index is 1.56. The maximum Gasteiger partial charge on any atom is 0.144 e. The van der Waals surface area contributed by atoms with Crippen molar-refractivity contribution in [2.45, 2.75) is 13.3 Å². The molecule has 1 saturated heterocycles. The minimum atomic E-state index is 0.989. The summed E-state index contributed by atoms with van der Waals surface area (Å²) in [7, 11) is 0. The molecule has 0 unspecified atom stereocenters. The second-order valence-electron chi connectivity index (χ2n) is 8.04. The number of aromatic amines is 2. The normalized spacial score (nSPS) is 21.2. The van der Waals surface area contributed by atoms with Gasteiger partial charge in [0.05, 0.1) is 6.08 Å². The molecule has 2 aromatic heterocycles. The number of quaternary nitrogens is 2. The lowest BCUT2D eigenvalue weighted by atomic mass is 10.1. The molecule has 4 aliphatic rings. The topological polar surface area (TPSA) is 48.2 Å². The number of nitrogens with two attached hydrogens (primary N) is 1. The Bertz CT molecular complexity index is 1270. The average Bonchev–Trinajstić information content (AvgIpc) is 3.01. The zero-order chi connectivity index (χ0) is 18.7. The number of fused-ring (bicyclic) bond motifs is 6. The summed E-state index contributed by atoms with van der Waals surface area (Å²) in [6.45, 7) is 4.62. The Morgan fingerprint density at radius 2 is 1.54 bits per heavy atom. The molecule has 0 aliphatic carbocycles. The summed E-state index contributed by atoms with van der Waals surface area (Å²) in [5.74, 6) is 0. The minimum absolute atomic E-state index is 0.989. The van der Waals surface area contributed by atoms with Gasteiger partial charge in [0.2, 0.25) is 0 Å². The van der Waals surface area contributed by atoms with Crippen LogP contribution in [0.1, 0.15) is 24.7 Å². The van der Waals surface area contributed by atoms with Gasteiger partial charge >= 0.3 is 0 Å². The lowest BCUT2D eigenvalue weighted by Gasteiger charge is -2.14. The highest BCUT2D eigenvalue weighted by Crippen LogP contribution is 2.43. The van der Waals surface area contributed by atoms with E-state index < -0.39 is 0 Å². The van der Waals surface area contributed by atoms with Gasteiger partial charge in [0, 0.05) is 58.0 Å². The molecule has 138 valence electrons. The van der Waals surface area contributed by atoms with E-state index in [2.05, 4.69) is 89.0 Å². The van der Waals surface area contributed by atoms with Gasteiger partial charge in [0.1, 0.15) is 35.9 Å². The maximum absolute atomic E-state index is 3.54. The summed E-state index contributed by atoms with van der Waals surface area (Å²) in [5.41, 5.74) is 9.10. The Morgan fingerprint density at radius 1 is 0.821 bits per heavy atom. The molecule has 2 aromatic rings. The SMILES string of the molecule is CCC1=C2C=C3C=CC(=Cc4ccc([nH]4)C=c4ccc([nH]4)=CC(=C1)[NH2+]2)[N+]31CC1. The Labute approximate surface area is 163 Å². The van der Waals surface area contributed by atoms with Crippen molar-refractivity contribution in [1.82, 2.24) is 9.97 Å². The highest BCUT2D eigenvalue weighted by atomic mass is 15.5. The quantitative estimate of drug-likeness (QED) is 0.507. The number of nitrogens with zero attached hydrogens (tertiary/aromatic N) is 1. The highest BCUT2D eigenvalue weighted by Gasteiger charge is 2.52. The van der Waals surface area contributed by atoms with E-state index in [-0.39, 0.29) is 0 Å². The van der Waals surface area contributed by atoms with Crippen LogP contribution in [0, 0.1) is 0 Å². The van der Waals surface area contributed by atoms with Gasteiger partial charge in [-0.1, -0.05) is 6.92 Å². The molecule has 6 rings (SSSR count). The monoisotopic (exact) mass is 368 g/mol. The largest absolute Gasteiger partial charge is 0.355 e. The fourth-order valence-electron chi connectivity index (χ4n) is 4.55. The lowest BCUT2D eigenvalue weighted by Crippen LogP contribution is -2.77. The molecule has 4 N–H and O–H groups in total. The first-order valence-corrected chi connectivity index (χ1v) is 10.1. The summed E-state index contributed by atoms with van der Waals surface area (Å²) in [5, 5.41) is 4.57. The van der Waals surface area contributed by atoms with Gasteiger partial charge in [0.15, 0.2) is 0 Å². The smallest absolute Gasteiger partial charge is 0.144 e. The Hall–Kier alpha value is -3.08. The van der Waals surface area contributed by atoms with E-state index in [4.69, 9.17) is 0 Å². The Morgan fingerprint density at radius 3 is 2.29 bits per heavy atom. The summed E-state index contributed by atoms with van der Waals surface area (Å²) in [6, 6.07) is 8.59. The fourth-order valence-corrected chi connectivity index (χ4v) is 4.55. The van der Waals surface area contributed by atoms with Crippen molar-refractivity contribution in [1.29, 1.82) is 0 Å². The predicted molar refractivity (Wildman–Crippen MR) is 111 cm³/mol.